The minimum atomic E-state index is 1.12. The van der Waals surface area contributed by atoms with Crippen molar-refractivity contribution in [3.05, 3.63) is 290 Å². The van der Waals surface area contributed by atoms with Gasteiger partial charge in [-0.25, -0.2) is 0 Å². The molecule has 0 fully saturated rings. The van der Waals surface area contributed by atoms with Gasteiger partial charge in [-0.05, 0) is 178 Å². The number of aromatic nitrogens is 2. The summed E-state index contributed by atoms with van der Waals surface area (Å²) in [5.74, 6) is 0. The lowest BCUT2D eigenvalue weighted by atomic mass is 9.95. The van der Waals surface area contributed by atoms with Gasteiger partial charge in [0.1, 0.15) is 0 Å². The molecule has 0 aliphatic heterocycles. The molecule has 0 spiro atoms. The molecule has 0 atom stereocenters. The molecule has 2 aromatic heterocycles. The zero-order chi connectivity index (χ0) is 51.1. The third-order valence-corrected chi connectivity index (χ3v) is 16.3. The molecule has 0 bridgehead atoms. The van der Waals surface area contributed by atoms with Crippen molar-refractivity contribution in [1.29, 1.82) is 0 Å². The first kappa shape index (κ1) is 44.5. The molecule has 0 unspecified atom stereocenters. The van der Waals surface area contributed by atoms with Crippen molar-refractivity contribution in [3.8, 4) is 44.8 Å². The summed E-state index contributed by atoms with van der Waals surface area (Å²) in [5.41, 5.74) is 16.7. The van der Waals surface area contributed by atoms with Gasteiger partial charge < -0.3 is 9.13 Å². The lowest BCUT2D eigenvalue weighted by Gasteiger charge is -2.13. The minimum Gasteiger partial charge on any atom is -0.309 e. The zero-order valence-corrected chi connectivity index (χ0v) is 42.6. The van der Waals surface area contributed by atoms with Gasteiger partial charge in [0.05, 0.1) is 22.1 Å². The standard InChI is InChI=1S/C75H50N2/c1-3-15-50-16-4-8-23-61(50)48(2)54-32-38-72-68(44-54)69-45-55(65-27-12-20-51-17-5-9-24-62(51)65)33-39-73(69)76(72)59-36-30-49-31-37-60(43-58(49)42-59)77-74-40-34-56(66-28-13-21-52-18-6-10-25-63(52)66)46-70(74)71-47-57(35-41-75(71)77)67-29-14-22-53-19-7-11-26-64(53)67/h3-47H,1H2,2H3/b50-15-,61-48+. The molecule has 0 radical (unpaired) electrons. The highest BCUT2D eigenvalue weighted by Crippen LogP contribution is 2.42. The van der Waals surface area contributed by atoms with Gasteiger partial charge in [0.2, 0.25) is 0 Å². The molecular weight excluding hydrogens is 929 g/mol. The van der Waals surface area contributed by atoms with Crippen LogP contribution in [0.4, 0.5) is 0 Å². The fraction of sp³-hybridized carbons (Fsp3) is 0.0133. The van der Waals surface area contributed by atoms with Crippen molar-refractivity contribution in [3.63, 3.8) is 0 Å². The molecule has 360 valence electrons. The molecule has 0 amide bonds. The average Bonchev–Trinajstić information content (AvgIpc) is 4.04. The maximum atomic E-state index is 4.02. The Kier molecular flexibility index (Phi) is 10.3. The molecule has 0 saturated heterocycles. The highest BCUT2D eigenvalue weighted by molar-refractivity contribution is 6.15. The quantitative estimate of drug-likeness (QED) is 0.151. The molecule has 2 nitrogen and oxygen atoms in total. The van der Waals surface area contributed by atoms with Crippen LogP contribution in [0.25, 0.3) is 143 Å². The highest BCUT2D eigenvalue weighted by Gasteiger charge is 2.19. The summed E-state index contributed by atoms with van der Waals surface area (Å²) in [7, 11) is 0. The highest BCUT2D eigenvalue weighted by atomic mass is 15.0. The van der Waals surface area contributed by atoms with E-state index in [0.717, 1.165) is 16.6 Å². The number of nitrogens with zero attached hydrogens (tertiary/aromatic N) is 2. The Balaban J connectivity index is 0.929. The second-order valence-electron chi connectivity index (χ2n) is 20.5. The van der Waals surface area contributed by atoms with E-state index in [4.69, 9.17) is 0 Å². The van der Waals surface area contributed by atoms with Crippen LogP contribution in [0.1, 0.15) is 12.5 Å². The summed E-state index contributed by atoms with van der Waals surface area (Å²) in [6.07, 6.45) is 3.97. The molecule has 2 heteroatoms. The Labute approximate surface area is 446 Å². The van der Waals surface area contributed by atoms with Crippen LogP contribution >= 0.6 is 0 Å². The van der Waals surface area contributed by atoms with Crippen molar-refractivity contribution in [2.75, 3.05) is 0 Å². The molecule has 15 rings (SSSR count). The Morgan fingerprint density at radius 1 is 0.325 bits per heavy atom. The van der Waals surface area contributed by atoms with E-state index in [1.165, 1.54) is 136 Å². The van der Waals surface area contributed by atoms with Gasteiger partial charge in [-0.1, -0.05) is 207 Å². The summed E-state index contributed by atoms with van der Waals surface area (Å²) in [6.45, 7) is 6.26. The summed E-state index contributed by atoms with van der Waals surface area (Å²) in [4.78, 5) is 0. The van der Waals surface area contributed by atoms with Gasteiger partial charge in [0, 0.05) is 32.9 Å². The number of hydrogen-bond acceptors (Lipinski definition) is 0. The van der Waals surface area contributed by atoms with Gasteiger partial charge in [0.15, 0.2) is 0 Å². The first-order valence-corrected chi connectivity index (χ1v) is 26.6. The second-order valence-corrected chi connectivity index (χ2v) is 20.5. The van der Waals surface area contributed by atoms with Crippen LogP contribution < -0.4 is 10.4 Å². The summed E-state index contributed by atoms with van der Waals surface area (Å²) >= 11 is 0. The lowest BCUT2D eigenvalue weighted by Crippen LogP contribution is -2.25. The van der Waals surface area contributed by atoms with E-state index < -0.39 is 0 Å². The van der Waals surface area contributed by atoms with Crippen molar-refractivity contribution in [2.24, 2.45) is 0 Å². The largest absolute Gasteiger partial charge is 0.309 e. The molecule has 13 aromatic carbocycles. The van der Waals surface area contributed by atoms with E-state index in [2.05, 4.69) is 290 Å². The normalized spacial score (nSPS) is 12.6. The predicted molar refractivity (Wildman–Crippen MR) is 330 cm³/mol. The van der Waals surface area contributed by atoms with Crippen LogP contribution in [0, 0.1) is 0 Å². The zero-order valence-electron chi connectivity index (χ0n) is 42.6. The van der Waals surface area contributed by atoms with Crippen LogP contribution in [0.3, 0.4) is 0 Å². The SMILES string of the molecule is C=C/C=c1/cccc/c1=C(/C)c1ccc2c(c1)c1cc(-c3cccc4ccccc34)ccc1n2-c1ccc2ccc(-n3c4ccc(-c5cccc6ccccc56)cc4c4cc(-c5cccc6ccccc56)ccc43)cc2c1. The fourth-order valence-corrected chi connectivity index (χ4v) is 12.5. The molecule has 0 saturated carbocycles. The molecule has 0 aliphatic rings. The minimum absolute atomic E-state index is 1.12. The van der Waals surface area contributed by atoms with Gasteiger partial charge in [0.25, 0.3) is 0 Å². The first-order valence-electron chi connectivity index (χ1n) is 26.6. The summed E-state index contributed by atoms with van der Waals surface area (Å²) in [5, 5.41) is 17.1. The number of rotatable bonds is 7. The summed E-state index contributed by atoms with van der Waals surface area (Å²) < 4.78 is 4.93. The van der Waals surface area contributed by atoms with E-state index in [-0.39, 0.29) is 0 Å². The second kappa shape index (κ2) is 17.8. The molecule has 2 heterocycles. The Bertz CT molecular complexity index is 4930. The van der Waals surface area contributed by atoms with E-state index in [1.807, 2.05) is 6.08 Å². The number of benzene rings is 13. The van der Waals surface area contributed by atoms with Crippen LogP contribution in [-0.2, 0) is 0 Å². The predicted octanol–water partition coefficient (Wildman–Crippen LogP) is 18.7. The van der Waals surface area contributed by atoms with Crippen molar-refractivity contribution in [1.82, 2.24) is 9.13 Å². The van der Waals surface area contributed by atoms with Crippen LogP contribution in [-0.4, -0.2) is 9.13 Å². The van der Waals surface area contributed by atoms with Gasteiger partial charge in [-0.15, -0.1) is 0 Å². The van der Waals surface area contributed by atoms with Crippen LogP contribution in [0.5, 0.6) is 0 Å². The van der Waals surface area contributed by atoms with Crippen LogP contribution in [0.15, 0.2) is 274 Å². The molecule has 15 aromatic rings. The molecular formula is C75H50N2. The molecule has 0 N–H and O–H groups in total. The first-order chi connectivity index (χ1) is 38.0. The van der Waals surface area contributed by atoms with E-state index >= 15 is 0 Å². The maximum Gasteiger partial charge on any atom is 0.0541 e. The number of allylic oxidation sites excluding steroid dienone is 1. The topological polar surface area (TPSA) is 9.86 Å². The third-order valence-electron chi connectivity index (χ3n) is 16.3. The van der Waals surface area contributed by atoms with Crippen molar-refractivity contribution in [2.45, 2.75) is 6.92 Å². The Morgan fingerprint density at radius 2 is 0.727 bits per heavy atom. The molecule has 0 aliphatic carbocycles. The van der Waals surface area contributed by atoms with E-state index in [1.54, 1.807) is 0 Å². The Hall–Kier alpha value is -10.0. The molecule has 77 heavy (non-hydrogen) atoms. The number of hydrogen-bond donors (Lipinski definition) is 0. The monoisotopic (exact) mass is 978 g/mol. The summed E-state index contributed by atoms with van der Waals surface area (Å²) in [6, 6.07) is 96.7. The lowest BCUT2D eigenvalue weighted by molar-refractivity contribution is 1.18. The van der Waals surface area contributed by atoms with Crippen molar-refractivity contribution >= 4 is 98.4 Å². The van der Waals surface area contributed by atoms with E-state index in [0.29, 0.717) is 0 Å². The van der Waals surface area contributed by atoms with Gasteiger partial charge >= 0.3 is 0 Å². The van der Waals surface area contributed by atoms with Crippen LogP contribution in [0.2, 0.25) is 0 Å². The van der Waals surface area contributed by atoms with Gasteiger partial charge in [-0.2, -0.15) is 0 Å². The number of fused-ring (bicyclic) bond motifs is 10. The smallest absolute Gasteiger partial charge is 0.0541 e. The van der Waals surface area contributed by atoms with Crippen molar-refractivity contribution < 1.29 is 0 Å². The van der Waals surface area contributed by atoms with Gasteiger partial charge in [-0.3, -0.25) is 0 Å². The third kappa shape index (κ3) is 7.25. The Morgan fingerprint density at radius 3 is 1.19 bits per heavy atom. The fourth-order valence-electron chi connectivity index (χ4n) is 12.5. The average molecular weight is 979 g/mol. The maximum absolute atomic E-state index is 4.02. The van der Waals surface area contributed by atoms with E-state index in [9.17, 15) is 0 Å².